The van der Waals surface area contributed by atoms with Gasteiger partial charge in [0.25, 0.3) is 5.91 Å². The van der Waals surface area contributed by atoms with Crippen molar-refractivity contribution in [3.63, 3.8) is 0 Å². The maximum absolute atomic E-state index is 12.3. The predicted octanol–water partition coefficient (Wildman–Crippen LogP) is 2.99. The van der Waals surface area contributed by atoms with Gasteiger partial charge in [-0.05, 0) is 42.5 Å². The molecule has 5 nitrogen and oxygen atoms in total. The number of amides is 1. The Bertz CT molecular complexity index is 656. The average molecular weight is 312 g/mol. The number of carbonyl (C=O) groups excluding carboxylic acids is 1. The van der Waals surface area contributed by atoms with E-state index in [1.54, 1.807) is 12.1 Å². The summed E-state index contributed by atoms with van der Waals surface area (Å²) in [5.74, 6) is -0.957. The zero-order valence-electron chi connectivity index (χ0n) is 13.1. The summed E-state index contributed by atoms with van der Waals surface area (Å²) in [5.41, 5.74) is 0.824. The number of rotatable bonds is 4. The van der Waals surface area contributed by atoms with E-state index in [0.29, 0.717) is 11.5 Å². The third kappa shape index (κ3) is 4.43. The van der Waals surface area contributed by atoms with Crippen molar-refractivity contribution in [3.05, 3.63) is 41.0 Å². The number of carboxylic acid groups (broad SMARTS) is 1. The molecular weight excluding hydrogens is 292 g/mol. The number of benzene rings is 1. The highest BCUT2D eigenvalue weighted by Gasteiger charge is 2.24. The minimum atomic E-state index is -1.01. The fraction of sp³-hybridized carbons (Fsp3) is 0.389. The first-order valence-electron chi connectivity index (χ1n) is 7.77. The monoisotopic (exact) mass is 312 g/mol. The van der Waals surface area contributed by atoms with E-state index in [2.05, 4.69) is 12.2 Å². The number of carboxylic acids is 1. The third-order valence-corrected chi connectivity index (χ3v) is 4.26. The summed E-state index contributed by atoms with van der Waals surface area (Å²) in [4.78, 5) is 23.1. The Kier molecular flexibility index (Phi) is 5.53. The van der Waals surface area contributed by atoms with E-state index >= 15 is 0 Å². The number of hydrogen-bond acceptors (Lipinski definition) is 3. The van der Waals surface area contributed by atoms with Crippen molar-refractivity contribution in [2.24, 2.45) is 5.92 Å². The van der Waals surface area contributed by atoms with Crippen molar-refractivity contribution in [2.45, 2.75) is 38.6 Å². The smallest absolute Gasteiger partial charge is 0.335 e. The van der Waals surface area contributed by atoms with Crippen LogP contribution >= 0.6 is 0 Å². The lowest BCUT2D eigenvalue weighted by atomic mass is 9.86. The molecule has 2 rings (SSSR count). The van der Waals surface area contributed by atoms with Crippen molar-refractivity contribution in [3.8, 4) is 6.07 Å². The number of nitrogens with zero attached hydrogens (tertiary/aromatic N) is 1. The van der Waals surface area contributed by atoms with Gasteiger partial charge in [0.15, 0.2) is 0 Å². The first kappa shape index (κ1) is 16.8. The number of aromatic carboxylic acids is 1. The normalized spacial score (nSPS) is 21.3. The van der Waals surface area contributed by atoms with Crippen molar-refractivity contribution < 1.29 is 14.7 Å². The Balaban J connectivity index is 2.10. The van der Waals surface area contributed by atoms with Gasteiger partial charge in [0.2, 0.25) is 0 Å². The van der Waals surface area contributed by atoms with E-state index in [4.69, 9.17) is 5.11 Å². The molecule has 23 heavy (non-hydrogen) atoms. The van der Waals surface area contributed by atoms with Crippen LogP contribution in [0.4, 0.5) is 0 Å². The summed E-state index contributed by atoms with van der Waals surface area (Å²) in [6, 6.07) is 8.10. The molecule has 0 spiro atoms. The average Bonchev–Trinajstić information content (AvgIpc) is 2.55. The van der Waals surface area contributed by atoms with Crippen LogP contribution in [0.2, 0.25) is 0 Å². The summed E-state index contributed by atoms with van der Waals surface area (Å²) in [7, 11) is 0. The van der Waals surface area contributed by atoms with Gasteiger partial charge in [-0.1, -0.05) is 31.9 Å². The fourth-order valence-corrected chi connectivity index (χ4v) is 2.81. The van der Waals surface area contributed by atoms with Crippen LogP contribution in [0.5, 0.6) is 0 Å². The minimum Gasteiger partial charge on any atom is -0.478 e. The van der Waals surface area contributed by atoms with E-state index in [-0.39, 0.29) is 23.1 Å². The van der Waals surface area contributed by atoms with Crippen LogP contribution in [0.25, 0.3) is 6.08 Å². The van der Waals surface area contributed by atoms with Gasteiger partial charge in [-0.3, -0.25) is 4.79 Å². The zero-order chi connectivity index (χ0) is 16.8. The second-order valence-corrected chi connectivity index (χ2v) is 5.94. The Hall–Kier alpha value is -2.61. The molecule has 2 N–H and O–H groups in total. The molecular formula is C18H20N2O3. The van der Waals surface area contributed by atoms with Crippen LogP contribution in [0.1, 0.15) is 48.5 Å². The molecule has 2 atom stereocenters. The minimum absolute atomic E-state index is 0.0332. The van der Waals surface area contributed by atoms with Crippen LogP contribution < -0.4 is 5.32 Å². The Morgan fingerprint density at radius 1 is 1.26 bits per heavy atom. The molecule has 1 fully saturated rings. The first-order chi connectivity index (χ1) is 11.0. The quantitative estimate of drug-likeness (QED) is 0.660. The van der Waals surface area contributed by atoms with Gasteiger partial charge in [-0.25, -0.2) is 4.79 Å². The largest absolute Gasteiger partial charge is 0.478 e. The number of nitrogens with one attached hydrogen (secondary N) is 1. The van der Waals surface area contributed by atoms with E-state index in [9.17, 15) is 14.9 Å². The molecule has 1 aliphatic carbocycles. The zero-order valence-corrected chi connectivity index (χ0v) is 13.1. The van der Waals surface area contributed by atoms with Crippen LogP contribution in [0.15, 0.2) is 29.8 Å². The molecule has 1 amide bonds. The second-order valence-electron chi connectivity index (χ2n) is 5.94. The predicted molar refractivity (Wildman–Crippen MR) is 86.6 cm³/mol. The summed E-state index contributed by atoms with van der Waals surface area (Å²) in [6.45, 7) is 2.12. The molecule has 0 unspecified atom stereocenters. The van der Waals surface area contributed by atoms with Crippen LogP contribution in [-0.2, 0) is 4.79 Å². The van der Waals surface area contributed by atoms with Crippen molar-refractivity contribution in [1.82, 2.24) is 5.32 Å². The standard InChI is InChI=1S/C18H20N2O3/c1-12-4-2-3-5-16(12)20-17(21)15(11-19)10-13-6-8-14(9-7-13)18(22)23/h6-10,12,16H,2-5H2,1H3,(H,20,21)(H,22,23)/b15-10+/t12-,16-/m0/s1. The highest BCUT2D eigenvalue weighted by atomic mass is 16.4. The Morgan fingerprint density at radius 3 is 2.48 bits per heavy atom. The van der Waals surface area contributed by atoms with E-state index in [1.807, 2.05) is 6.07 Å². The van der Waals surface area contributed by atoms with Crippen LogP contribution in [-0.4, -0.2) is 23.0 Å². The number of hydrogen-bond donors (Lipinski definition) is 2. The van der Waals surface area contributed by atoms with Crippen molar-refractivity contribution in [2.75, 3.05) is 0 Å². The topological polar surface area (TPSA) is 90.2 Å². The maximum Gasteiger partial charge on any atom is 0.335 e. The molecule has 0 saturated heterocycles. The lowest BCUT2D eigenvalue weighted by molar-refractivity contribution is -0.118. The van der Waals surface area contributed by atoms with E-state index in [1.165, 1.54) is 24.6 Å². The summed E-state index contributed by atoms with van der Waals surface area (Å²) < 4.78 is 0. The maximum atomic E-state index is 12.3. The summed E-state index contributed by atoms with van der Waals surface area (Å²) in [5, 5.41) is 21.0. The molecule has 1 saturated carbocycles. The molecule has 0 radical (unpaired) electrons. The highest BCUT2D eigenvalue weighted by molar-refractivity contribution is 6.02. The lowest BCUT2D eigenvalue weighted by Gasteiger charge is -2.29. The summed E-state index contributed by atoms with van der Waals surface area (Å²) in [6.07, 6.45) is 5.79. The van der Waals surface area contributed by atoms with Gasteiger partial charge >= 0.3 is 5.97 Å². The van der Waals surface area contributed by atoms with Gasteiger partial charge in [-0.2, -0.15) is 5.26 Å². The third-order valence-electron chi connectivity index (χ3n) is 4.26. The molecule has 0 heterocycles. The molecule has 5 heteroatoms. The Labute approximate surface area is 135 Å². The van der Waals surface area contributed by atoms with E-state index in [0.717, 1.165) is 19.3 Å². The number of nitriles is 1. The van der Waals surface area contributed by atoms with Gasteiger partial charge in [0.05, 0.1) is 5.56 Å². The molecule has 1 aliphatic rings. The Morgan fingerprint density at radius 2 is 1.91 bits per heavy atom. The second kappa shape index (κ2) is 7.59. The SMILES string of the molecule is C[C@H]1CCCC[C@@H]1NC(=O)/C(C#N)=C/c1ccc(C(=O)O)cc1. The van der Waals surface area contributed by atoms with Gasteiger partial charge in [0.1, 0.15) is 11.6 Å². The van der Waals surface area contributed by atoms with Gasteiger partial charge in [-0.15, -0.1) is 0 Å². The molecule has 1 aromatic rings. The fourth-order valence-electron chi connectivity index (χ4n) is 2.81. The molecule has 0 aromatic heterocycles. The van der Waals surface area contributed by atoms with Crippen molar-refractivity contribution >= 4 is 18.0 Å². The molecule has 1 aromatic carbocycles. The molecule has 0 bridgehead atoms. The van der Waals surface area contributed by atoms with E-state index < -0.39 is 5.97 Å². The molecule has 0 aliphatic heterocycles. The van der Waals surface area contributed by atoms with Crippen LogP contribution in [0.3, 0.4) is 0 Å². The number of carbonyl (C=O) groups is 2. The summed E-state index contributed by atoms with van der Waals surface area (Å²) >= 11 is 0. The first-order valence-corrected chi connectivity index (χ1v) is 7.77. The lowest BCUT2D eigenvalue weighted by Crippen LogP contribution is -2.41. The molecule has 120 valence electrons. The van der Waals surface area contributed by atoms with Gasteiger partial charge in [0, 0.05) is 6.04 Å². The van der Waals surface area contributed by atoms with Crippen LogP contribution in [0, 0.1) is 17.2 Å². The van der Waals surface area contributed by atoms with Gasteiger partial charge < -0.3 is 10.4 Å². The highest BCUT2D eigenvalue weighted by Crippen LogP contribution is 2.24. The van der Waals surface area contributed by atoms with Crippen molar-refractivity contribution in [1.29, 1.82) is 5.26 Å².